The minimum Gasteiger partial charge on any atom is -0.359 e. The lowest BCUT2D eigenvalue weighted by molar-refractivity contribution is -0.138. The number of nitrogens with one attached hydrogen (secondary N) is 1. The van der Waals surface area contributed by atoms with E-state index < -0.39 is 0 Å². The summed E-state index contributed by atoms with van der Waals surface area (Å²) < 4.78 is 0. The fourth-order valence-electron chi connectivity index (χ4n) is 1.21. The molecule has 1 N–H and O–H groups in total. The van der Waals surface area contributed by atoms with Gasteiger partial charge in [-0.1, -0.05) is 6.92 Å². The summed E-state index contributed by atoms with van der Waals surface area (Å²) in [6, 6.07) is 0. The van der Waals surface area contributed by atoms with Crippen LogP contribution >= 0.6 is 0 Å². The summed E-state index contributed by atoms with van der Waals surface area (Å²) in [5, 5.41) is 2.46. The van der Waals surface area contributed by atoms with Gasteiger partial charge in [0.05, 0.1) is 5.92 Å². The normalized spacial score (nSPS) is 17.4. The van der Waals surface area contributed by atoms with Crippen molar-refractivity contribution in [2.24, 2.45) is 5.92 Å². The molecular weight excluding hydrogens is 184 g/mol. The molecule has 1 atom stereocenters. The number of carbonyl (C=O) groups is 3. The molecule has 0 radical (unpaired) electrons. The summed E-state index contributed by atoms with van der Waals surface area (Å²) in [5.74, 6) is -1.28. The Labute approximate surface area is 81.8 Å². The molecule has 5 heteroatoms. The predicted octanol–water partition coefficient (Wildman–Crippen LogP) is -0.707. The third-order valence-electron chi connectivity index (χ3n) is 2.05. The van der Waals surface area contributed by atoms with Crippen LogP contribution in [0.3, 0.4) is 0 Å². The van der Waals surface area contributed by atoms with E-state index in [4.69, 9.17) is 0 Å². The minimum absolute atomic E-state index is 0.129. The lowest BCUT2D eigenvalue weighted by atomic mass is 10.1. The molecule has 5 nitrogen and oxygen atoms in total. The molecule has 1 aliphatic heterocycles. The van der Waals surface area contributed by atoms with E-state index in [9.17, 15) is 14.4 Å². The van der Waals surface area contributed by atoms with E-state index in [1.807, 2.05) is 0 Å². The fourth-order valence-corrected chi connectivity index (χ4v) is 1.21. The predicted molar refractivity (Wildman–Crippen MR) is 49.1 cm³/mol. The molecule has 0 saturated carbocycles. The van der Waals surface area contributed by atoms with Crippen molar-refractivity contribution in [3.05, 3.63) is 12.2 Å². The van der Waals surface area contributed by atoms with Crippen molar-refractivity contribution in [1.29, 1.82) is 0 Å². The van der Waals surface area contributed by atoms with E-state index in [2.05, 4.69) is 5.32 Å². The van der Waals surface area contributed by atoms with Gasteiger partial charge in [-0.25, -0.2) is 0 Å². The number of imide groups is 1. The van der Waals surface area contributed by atoms with E-state index in [1.165, 1.54) is 19.2 Å². The molecule has 0 spiro atoms. The Morgan fingerprint density at radius 3 is 2.36 bits per heavy atom. The van der Waals surface area contributed by atoms with Gasteiger partial charge in [-0.15, -0.1) is 0 Å². The topological polar surface area (TPSA) is 66.5 Å². The summed E-state index contributed by atoms with van der Waals surface area (Å²) in [7, 11) is 1.52. The third kappa shape index (κ3) is 1.99. The second kappa shape index (κ2) is 4.04. The molecule has 0 aromatic carbocycles. The Hall–Kier alpha value is -1.65. The van der Waals surface area contributed by atoms with Gasteiger partial charge >= 0.3 is 0 Å². The monoisotopic (exact) mass is 196 g/mol. The first-order valence-electron chi connectivity index (χ1n) is 4.31. The van der Waals surface area contributed by atoms with Crippen LogP contribution in [0.2, 0.25) is 0 Å². The number of rotatable bonds is 3. The number of amides is 3. The maximum absolute atomic E-state index is 11.1. The maximum atomic E-state index is 11.1. The average Bonchev–Trinajstić information content (AvgIpc) is 2.48. The van der Waals surface area contributed by atoms with Gasteiger partial charge in [0.25, 0.3) is 11.8 Å². The molecule has 0 aromatic rings. The lowest BCUT2D eigenvalue weighted by Gasteiger charge is -2.17. The second-order valence-corrected chi connectivity index (χ2v) is 3.14. The second-order valence-electron chi connectivity index (χ2n) is 3.14. The number of carbonyl (C=O) groups excluding carboxylic acids is 3. The van der Waals surface area contributed by atoms with E-state index in [-0.39, 0.29) is 30.2 Å². The fraction of sp³-hybridized carbons (Fsp3) is 0.444. The van der Waals surface area contributed by atoms with Gasteiger partial charge in [0.1, 0.15) is 0 Å². The highest BCUT2D eigenvalue weighted by Gasteiger charge is 2.26. The summed E-state index contributed by atoms with van der Waals surface area (Å²) in [5.41, 5.74) is 0. The van der Waals surface area contributed by atoms with Crippen LogP contribution in [-0.2, 0) is 14.4 Å². The van der Waals surface area contributed by atoms with Crippen LogP contribution in [0.4, 0.5) is 0 Å². The standard InChI is InChI=1S/C9H12N2O3/c1-6(9(14)10-2)5-11-7(12)3-4-8(11)13/h3-4,6H,5H2,1-2H3,(H,10,14). The Kier molecular flexibility index (Phi) is 3.01. The highest BCUT2D eigenvalue weighted by molar-refractivity contribution is 6.13. The largest absolute Gasteiger partial charge is 0.359 e. The quantitative estimate of drug-likeness (QED) is 0.606. The first kappa shape index (κ1) is 10.4. The van der Waals surface area contributed by atoms with Crippen LogP contribution in [0.15, 0.2) is 12.2 Å². The van der Waals surface area contributed by atoms with E-state index >= 15 is 0 Å². The van der Waals surface area contributed by atoms with E-state index in [0.29, 0.717) is 0 Å². The molecule has 0 saturated heterocycles. The molecule has 1 heterocycles. The average molecular weight is 196 g/mol. The zero-order chi connectivity index (χ0) is 10.7. The SMILES string of the molecule is CNC(=O)C(C)CN1C(=O)C=CC1=O. The highest BCUT2D eigenvalue weighted by atomic mass is 16.2. The molecule has 1 unspecified atom stereocenters. The van der Waals surface area contributed by atoms with E-state index in [1.54, 1.807) is 6.92 Å². The van der Waals surface area contributed by atoms with E-state index in [0.717, 1.165) is 4.90 Å². The summed E-state index contributed by atoms with van der Waals surface area (Å²) in [6.45, 7) is 1.79. The zero-order valence-electron chi connectivity index (χ0n) is 8.11. The van der Waals surface area contributed by atoms with Crippen LogP contribution in [0.1, 0.15) is 6.92 Å². The van der Waals surface area contributed by atoms with Gasteiger partial charge in [-0.2, -0.15) is 0 Å². The number of nitrogens with zero attached hydrogens (tertiary/aromatic N) is 1. The van der Waals surface area contributed by atoms with Crippen molar-refractivity contribution in [3.63, 3.8) is 0 Å². The Morgan fingerprint density at radius 1 is 1.43 bits per heavy atom. The Morgan fingerprint density at radius 2 is 1.93 bits per heavy atom. The molecule has 1 aliphatic rings. The first-order chi connectivity index (χ1) is 6.56. The summed E-state index contributed by atoms with van der Waals surface area (Å²) in [4.78, 5) is 34.4. The first-order valence-corrected chi connectivity index (χ1v) is 4.31. The van der Waals surface area contributed by atoms with Crippen LogP contribution in [-0.4, -0.2) is 36.2 Å². The van der Waals surface area contributed by atoms with Gasteiger partial charge in [-0.05, 0) is 0 Å². The van der Waals surface area contributed by atoms with Gasteiger partial charge in [0.15, 0.2) is 0 Å². The van der Waals surface area contributed by atoms with Crippen molar-refractivity contribution in [1.82, 2.24) is 10.2 Å². The molecule has 14 heavy (non-hydrogen) atoms. The summed E-state index contributed by atoms with van der Waals surface area (Å²) in [6.07, 6.45) is 2.41. The zero-order valence-corrected chi connectivity index (χ0v) is 8.11. The number of hydrogen-bond donors (Lipinski definition) is 1. The van der Waals surface area contributed by atoms with Crippen molar-refractivity contribution < 1.29 is 14.4 Å². The number of hydrogen-bond acceptors (Lipinski definition) is 3. The lowest BCUT2D eigenvalue weighted by Crippen LogP contribution is -2.39. The van der Waals surface area contributed by atoms with Crippen molar-refractivity contribution in [2.75, 3.05) is 13.6 Å². The minimum atomic E-state index is -0.382. The van der Waals surface area contributed by atoms with Crippen LogP contribution in [0, 0.1) is 5.92 Å². The molecular formula is C9H12N2O3. The third-order valence-corrected chi connectivity index (χ3v) is 2.05. The van der Waals surface area contributed by atoms with Crippen LogP contribution in [0.25, 0.3) is 0 Å². The molecule has 3 amide bonds. The maximum Gasteiger partial charge on any atom is 0.253 e. The molecule has 0 aliphatic carbocycles. The van der Waals surface area contributed by atoms with Crippen molar-refractivity contribution in [2.45, 2.75) is 6.92 Å². The van der Waals surface area contributed by atoms with Crippen LogP contribution < -0.4 is 5.32 Å². The van der Waals surface area contributed by atoms with Gasteiger partial charge in [0.2, 0.25) is 5.91 Å². The van der Waals surface area contributed by atoms with Crippen molar-refractivity contribution in [3.8, 4) is 0 Å². The molecule has 0 aromatic heterocycles. The smallest absolute Gasteiger partial charge is 0.253 e. The van der Waals surface area contributed by atoms with Gasteiger partial charge in [-0.3, -0.25) is 19.3 Å². The molecule has 0 bridgehead atoms. The van der Waals surface area contributed by atoms with Gasteiger partial charge < -0.3 is 5.32 Å². The van der Waals surface area contributed by atoms with Crippen molar-refractivity contribution >= 4 is 17.7 Å². The van der Waals surface area contributed by atoms with Crippen LogP contribution in [0.5, 0.6) is 0 Å². The van der Waals surface area contributed by atoms with Gasteiger partial charge in [0, 0.05) is 25.7 Å². The molecule has 1 rings (SSSR count). The Bertz CT molecular complexity index is 291. The molecule has 76 valence electrons. The highest BCUT2D eigenvalue weighted by Crippen LogP contribution is 2.07. The molecule has 0 fully saturated rings. The Balaban J connectivity index is 2.57. The summed E-state index contributed by atoms with van der Waals surface area (Å²) >= 11 is 0.